The van der Waals surface area contributed by atoms with Crippen molar-refractivity contribution in [2.45, 2.75) is 39.4 Å². The van der Waals surface area contributed by atoms with Crippen LogP contribution in [0, 0.1) is 6.92 Å². The molecule has 2 N–H and O–H groups in total. The standard InChI is InChI=1S/C14H21Br2NO2/c1-9-5-11(15)13(12(16)6-9)17-7-10(18)8-19-14(2,3)4/h5-6,10,17-18H,7-8H2,1-4H3. The van der Waals surface area contributed by atoms with Crippen LogP contribution in [0.2, 0.25) is 0 Å². The lowest BCUT2D eigenvalue weighted by atomic mass is 10.2. The van der Waals surface area contributed by atoms with Crippen LogP contribution in [0.3, 0.4) is 0 Å². The van der Waals surface area contributed by atoms with E-state index >= 15 is 0 Å². The van der Waals surface area contributed by atoms with E-state index in [0.29, 0.717) is 13.2 Å². The molecule has 0 saturated heterocycles. The Morgan fingerprint density at radius 1 is 1.26 bits per heavy atom. The third kappa shape index (κ3) is 6.25. The van der Waals surface area contributed by atoms with Crippen LogP contribution < -0.4 is 5.32 Å². The van der Waals surface area contributed by atoms with Crippen molar-refractivity contribution in [3.8, 4) is 0 Å². The van der Waals surface area contributed by atoms with Gasteiger partial charge >= 0.3 is 0 Å². The van der Waals surface area contributed by atoms with Gasteiger partial charge in [0.1, 0.15) is 0 Å². The van der Waals surface area contributed by atoms with Gasteiger partial charge in [0.05, 0.1) is 24.0 Å². The summed E-state index contributed by atoms with van der Waals surface area (Å²) in [5.41, 5.74) is 1.88. The van der Waals surface area contributed by atoms with Gasteiger partial charge in [-0.25, -0.2) is 0 Å². The van der Waals surface area contributed by atoms with Crippen molar-refractivity contribution < 1.29 is 9.84 Å². The van der Waals surface area contributed by atoms with Crippen molar-refractivity contribution in [2.24, 2.45) is 0 Å². The van der Waals surface area contributed by atoms with E-state index in [1.807, 2.05) is 39.8 Å². The number of benzene rings is 1. The molecule has 0 radical (unpaired) electrons. The second-order valence-corrected chi connectivity index (χ2v) is 7.27. The molecule has 1 unspecified atom stereocenters. The van der Waals surface area contributed by atoms with Crippen LogP contribution in [0.1, 0.15) is 26.3 Å². The molecule has 0 heterocycles. The predicted octanol–water partition coefficient (Wildman–Crippen LogP) is 4.11. The topological polar surface area (TPSA) is 41.5 Å². The van der Waals surface area contributed by atoms with E-state index in [-0.39, 0.29) is 5.60 Å². The molecule has 0 aromatic heterocycles. The first-order valence-corrected chi connectivity index (χ1v) is 7.79. The normalized spacial score (nSPS) is 13.4. The number of nitrogens with one attached hydrogen (secondary N) is 1. The Labute approximate surface area is 132 Å². The van der Waals surface area contributed by atoms with Crippen LogP contribution >= 0.6 is 31.9 Å². The van der Waals surface area contributed by atoms with Gasteiger partial charge in [0, 0.05) is 15.5 Å². The van der Waals surface area contributed by atoms with Crippen molar-refractivity contribution in [1.29, 1.82) is 0 Å². The molecular weight excluding hydrogens is 374 g/mol. The summed E-state index contributed by atoms with van der Waals surface area (Å²) in [6.07, 6.45) is -0.542. The second kappa shape index (κ2) is 7.07. The Hall–Kier alpha value is -0.100. The Morgan fingerprint density at radius 3 is 2.26 bits per heavy atom. The second-order valence-electron chi connectivity index (χ2n) is 5.56. The summed E-state index contributed by atoms with van der Waals surface area (Å²) in [7, 11) is 0. The van der Waals surface area contributed by atoms with Gasteiger partial charge in [-0.3, -0.25) is 0 Å². The van der Waals surface area contributed by atoms with Crippen LogP contribution in [-0.2, 0) is 4.74 Å². The smallest absolute Gasteiger partial charge is 0.0945 e. The van der Waals surface area contributed by atoms with E-state index in [4.69, 9.17) is 4.74 Å². The minimum absolute atomic E-state index is 0.230. The average Bonchev–Trinajstić information content (AvgIpc) is 2.23. The summed E-state index contributed by atoms with van der Waals surface area (Å²) >= 11 is 7.03. The third-order valence-corrected chi connectivity index (χ3v) is 3.66. The molecule has 0 spiro atoms. The highest BCUT2D eigenvalue weighted by Gasteiger charge is 2.14. The Morgan fingerprint density at radius 2 is 1.79 bits per heavy atom. The highest BCUT2D eigenvalue weighted by Crippen LogP contribution is 2.32. The monoisotopic (exact) mass is 393 g/mol. The van der Waals surface area contributed by atoms with E-state index in [9.17, 15) is 5.11 Å². The van der Waals surface area contributed by atoms with E-state index in [1.165, 1.54) is 5.56 Å². The lowest BCUT2D eigenvalue weighted by molar-refractivity contribution is -0.0449. The SMILES string of the molecule is Cc1cc(Br)c(NCC(O)COC(C)(C)C)c(Br)c1. The molecule has 0 aliphatic heterocycles. The van der Waals surface area contributed by atoms with Gasteiger partial charge in [-0.05, 0) is 77.3 Å². The molecule has 0 aliphatic carbocycles. The van der Waals surface area contributed by atoms with E-state index < -0.39 is 6.10 Å². The van der Waals surface area contributed by atoms with E-state index in [2.05, 4.69) is 37.2 Å². The van der Waals surface area contributed by atoms with Crippen LogP contribution in [0.25, 0.3) is 0 Å². The molecule has 0 aliphatic rings. The lowest BCUT2D eigenvalue weighted by Gasteiger charge is -2.22. The van der Waals surface area contributed by atoms with Gasteiger partial charge in [0.15, 0.2) is 0 Å². The van der Waals surface area contributed by atoms with Crippen LogP contribution in [0.15, 0.2) is 21.1 Å². The quantitative estimate of drug-likeness (QED) is 0.789. The van der Waals surface area contributed by atoms with Crippen molar-refractivity contribution in [1.82, 2.24) is 0 Å². The fourth-order valence-electron chi connectivity index (χ4n) is 1.49. The summed E-state index contributed by atoms with van der Waals surface area (Å²) in [6.45, 7) is 8.71. The first-order chi connectivity index (χ1) is 8.69. The number of halogens is 2. The van der Waals surface area contributed by atoms with Gasteiger partial charge in [0.25, 0.3) is 0 Å². The zero-order valence-electron chi connectivity index (χ0n) is 11.8. The largest absolute Gasteiger partial charge is 0.389 e. The summed E-state index contributed by atoms with van der Waals surface area (Å²) < 4.78 is 7.50. The van der Waals surface area contributed by atoms with Crippen molar-refractivity contribution in [2.75, 3.05) is 18.5 Å². The van der Waals surface area contributed by atoms with Crippen LogP contribution in [0.4, 0.5) is 5.69 Å². The van der Waals surface area contributed by atoms with E-state index in [0.717, 1.165) is 14.6 Å². The number of hydrogen-bond acceptors (Lipinski definition) is 3. The lowest BCUT2D eigenvalue weighted by Crippen LogP contribution is -2.30. The summed E-state index contributed by atoms with van der Waals surface area (Å²) in [6, 6.07) is 4.07. The minimum atomic E-state index is -0.542. The third-order valence-electron chi connectivity index (χ3n) is 2.41. The number of hydrogen-bond donors (Lipinski definition) is 2. The van der Waals surface area contributed by atoms with Crippen LogP contribution in [-0.4, -0.2) is 30.0 Å². The molecule has 0 saturated carbocycles. The molecule has 1 aromatic rings. The van der Waals surface area contributed by atoms with Gasteiger partial charge in [0.2, 0.25) is 0 Å². The predicted molar refractivity (Wildman–Crippen MR) is 86.8 cm³/mol. The number of aryl methyl sites for hydroxylation is 1. The summed E-state index contributed by atoms with van der Waals surface area (Å²) in [5.74, 6) is 0. The highest BCUT2D eigenvalue weighted by atomic mass is 79.9. The number of aliphatic hydroxyl groups is 1. The first-order valence-electron chi connectivity index (χ1n) is 6.20. The molecular formula is C14H21Br2NO2. The maximum absolute atomic E-state index is 9.89. The molecule has 0 bridgehead atoms. The highest BCUT2D eigenvalue weighted by molar-refractivity contribution is 9.11. The first kappa shape index (κ1) is 17.0. The van der Waals surface area contributed by atoms with Gasteiger partial charge in [-0.2, -0.15) is 0 Å². The van der Waals surface area contributed by atoms with Crippen LogP contribution in [0.5, 0.6) is 0 Å². The fraction of sp³-hybridized carbons (Fsp3) is 0.571. The average molecular weight is 395 g/mol. The van der Waals surface area contributed by atoms with Gasteiger partial charge in [-0.15, -0.1) is 0 Å². The molecule has 1 atom stereocenters. The molecule has 1 rings (SSSR count). The maximum Gasteiger partial charge on any atom is 0.0945 e. The van der Waals surface area contributed by atoms with Crippen molar-refractivity contribution in [3.05, 3.63) is 26.6 Å². The Kier molecular flexibility index (Phi) is 6.30. The van der Waals surface area contributed by atoms with Gasteiger partial charge < -0.3 is 15.2 Å². The fourth-order valence-corrected chi connectivity index (χ4v) is 3.19. The molecule has 5 heteroatoms. The van der Waals surface area contributed by atoms with Gasteiger partial charge in [-0.1, -0.05) is 0 Å². The van der Waals surface area contributed by atoms with Crippen molar-refractivity contribution >= 4 is 37.5 Å². The minimum Gasteiger partial charge on any atom is -0.389 e. The number of ether oxygens (including phenoxy) is 1. The maximum atomic E-state index is 9.89. The molecule has 3 nitrogen and oxygen atoms in total. The number of rotatable bonds is 5. The molecule has 0 amide bonds. The molecule has 0 fully saturated rings. The number of aliphatic hydroxyl groups excluding tert-OH is 1. The Bertz CT molecular complexity index is 407. The zero-order chi connectivity index (χ0) is 14.6. The number of anilines is 1. The molecule has 19 heavy (non-hydrogen) atoms. The summed E-state index contributed by atoms with van der Waals surface area (Å²) in [5, 5.41) is 13.1. The summed E-state index contributed by atoms with van der Waals surface area (Å²) in [4.78, 5) is 0. The zero-order valence-corrected chi connectivity index (χ0v) is 14.9. The Balaban J connectivity index is 2.53. The van der Waals surface area contributed by atoms with Crippen molar-refractivity contribution in [3.63, 3.8) is 0 Å². The molecule has 1 aromatic carbocycles. The molecule has 108 valence electrons. The van der Waals surface area contributed by atoms with E-state index in [1.54, 1.807) is 0 Å².